The molecule has 16 nitrogen and oxygen atoms in total. The molecule has 0 saturated carbocycles. The van der Waals surface area contributed by atoms with Crippen LogP contribution in [0.25, 0.3) is 55.0 Å². The van der Waals surface area contributed by atoms with Crippen molar-refractivity contribution in [1.29, 1.82) is 0 Å². The normalized spacial score (nSPS) is 16.5. The standard InChI is InChI=1S/C18H18BClO3.C12H24B2O4.C12H7BrClFO.C12H6BrClO.C6H6BO3.C6H2BrClFI.C4H8O.CH2O3.2K.H/c1-17(2)18(3,4)23-19(22-17)12-9-10-13(20)16-15(12)11-7-5-6-8-14(11)21-16;1-9(2)10(3,4)16-13(15-9)14-17-11(5,6)12(7,8)18-14;13-8-5-6-9(14)12(15)11(8)7-3-1-2-4-10(7)16;13-8-5-6-9(14)12-11(8)7-3-1-2-4-10(7)15-12;8-5-3-1-2-4-6(5)10-7-9;7-3-1-2-4(8)5(9)6(3)10;1-2-4-5-3-1;2-1-4-3;;;/h5-10H,1-4H3;1-8H3;1-6,16H;1-6H;1-4,8-9H;1-2H;1-4H2;1,3H;;;/q;;;;;;;;2*+1;-1/p-1. The number of rotatable bonds is 6. The van der Waals surface area contributed by atoms with Crippen LogP contribution in [0.15, 0.2) is 168 Å². The van der Waals surface area contributed by atoms with Gasteiger partial charge >= 0.3 is 132 Å². The number of para-hydroxylation sites is 5. The minimum Gasteiger partial charge on any atom is -1.00 e. The Morgan fingerprint density at radius 3 is 1.37 bits per heavy atom. The molecule has 2 aromatic heterocycles. The molecule has 0 spiro atoms. The topological polar surface area (TPSA) is 210 Å². The van der Waals surface area contributed by atoms with Gasteiger partial charge in [-0.15, -0.1) is 0 Å². The Balaban J connectivity index is 0.000000261. The number of halogens is 10. The van der Waals surface area contributed by atoms with Gasteiger partial charge in [-0.1, -0.05) is 151 Å². The SMILES string of the molecule is C1CCOC1.CC1(C)OB(B2OC(C)(C)C(C)(C)O2)OC1(C)C.CC1(C)OB(c2ccc(Cl)c3oc4ccccc4c23)OC1(C)C.Clc1ccc(Br)c2c1oc1ccccc12.Fc1c(Cl)ccc(Br)c1I.O=CO[O-].O[B]Oc1ccccc1O.Oc1ccccc1-c1c(Br)ccc(Cl)c1F.[H-].[K+].[K+]. The number of phenols is 2. The zero-order valence-corrected chi connectivity index (χ0v) is 75.2. The van der Waals surface area contributed by atoms with Crippen LogP contribution in [0.3, 0.4) is 0 Å². The van der Waals surface area contributed by atoms with Crippen molar-refractivity contribution in [2.75, 3.05) is 13.2 Å². The molecule has 103 heavy (non-hydrogen) atoms. The summed E-state index contributed by atoms with van der Waals surface area (Å²) in [6.07, 6.45) is 2.56. The van der Waals surface area contributed by atoms with E-state index in [9.17, 15) is 13.9 Å². The Bertz CT molecular complexity index is 4380. The first-order valence-corrected chi connectivity index (χ1v) is 36.2. The maximum atomic E-state index is 13.9. The summed E-state index contributed by atoms with van der Waals surface area (Å²) >= 11 is 35.4. The molecule has 4 aliphatic heterocycles. The minimum atomic E-state index is -0.544. The summed E-state index contributed by atoms with van der Waals surface area (Å²) in [5, 5.41) is 40.8. The summed E-state index contributed by atoms with van der Waals surface area (Å²) in [7, 11) is -0.873. The number of furan rings is 2. The first-order valence-electron chi connectivity index (χ1n) is 31.3. The second-order valence-electron chi connectivity index (χ2n) is 25.7. The van der Waals surface area contributed by atoms with E-state index in [1.807, 2.05) is 178 Å². The molecule has 3 N–H and O–H groups in total. The Labute approximate surface area is 745 Å². The van der Waals surface area contributed by atoms with E-state index < -0.39 is 27.0 Å². The Kier molecular flexibility index (Phi) is 36.4. The Hall–Kier alpha value is -1.41. The van der Waals surface area contributed by atoms with Gasteiger partial charge in [0.05, 0.1) is 57.3 Å². The maximum Gasteiger partial charge on any atom is 1.00 e. The molecule has 0 amide bonds. The molecule has 14 rings (SSSR count). The molecule has 10 aromatic rings. The summed E-state index contributed by atoms with van der Waals surface area (Å²) in [5.74, 6) is -0.642. The molecular formula is C71H73B4Br3Cl4F2IK2O16. The quantitative estimate of drug-likeness (QED) is 0.0269. The van der Waals surface area contributed by atoms with E-state index in [2.05, 4.69) is 57.3 Å². The van der Waals surface area contributed by atoms with E-state index in [0.717, 1.165) is 65.9 Å². The van der Waals surface area contributed by atoms with Gasteiger partial charge in [0.25, 0.3) is 6.47 Å². The monoisotopic (exact) mass is 1840 g/mol. The maximum absolute atomic E-state index is 13.9. The molecule has 4 aliphatic rings. The van der Waals surface area contributed by atoms with E-state index in [-0.39, 0.29) is 183 Å². The zero-order chi connectivity index (χ0) is 74.6. The molecule has 6 heterocycles. The predicted octanol–water partition coefficient (Wildman–Crippen LogP) is 13.9. The number of fused-ring (bicyclic) bond motifs is 6. The largest absolute Gasteiger partial charge is 1.00 e. The number of benzene rings is 8. The number of phenolic OH excluding ortho intramolecular Hbond substituents is 2. The molecule has 0 aliphatic carbocycles. The van der Waals surface area contributed by atoms with Gasteiger partial charge in [-0.25, -0.2) is 8.78 Å². The summed E-state index contributed by atoms with van der Waals surface area (Å²) in [6, 6.07) is 42.7. The fourth-order valence-electron chi connectivity index (χ4n) is 9.83. The third-order valence-electron chi connectivity index (χ3n) is 17.3. The molecule has 0 bridgehead atoms. The molecular weight excluding hydrogens is 1780 g/mol. The number of hydrogen-bond donors (Lipinski definition) is 3. The van der Waals surface area contributed by atoms with Crippen molar-refractivity contribution < 1.29 is 189 Å². The van der Waals surface area contributed by atoms with Crippen molar-refractivity contribution in [2.45, 2.75) is 130 Å². The van der Waals surface area contributed by atoms with Crippen LogP contribution in [0.4, 0.5) is 8.78 Å². The van der Waals surface area contributed by atoms with Crippen molar-refractivity contribution in [3.63, 3.8) is 0 Å². The minimum absolute atomic E-state index is 0. The van der Waals surface area contributed by atoms with Gasteiger partial charge < -0.3 is 73.0 Å². The van der Waals surface area contributed by atoms with Gasteiger partial charge in [-0.3, -0.25) is 4.79 Å². The number of carbonyl (C=O) groups excluding carboxylic acids is 1. The molecule has 1 radical (unpaired) electrons. The van der Waals surface area contributed by atoms with E-state index in [1.165, 1.54) is 37.1 Å². The second kappa shape index (κ2) is 40.7. The molecule has 537 valence electrons. The first kappa shape index (κ1) is 92.2. The van der Waals surface area contributed by atoms with E-state index >= 15 is 0 Å². The third kappa shape index (κ3) is 23.4. The Morgan fingerprint density at radius 1 is 0.534 bits per heavy atom. The number of hydrogen-bond acceptors (Lipinski definition) is 16. The van der Waals surface area contributed by atoms with Gasteiger partial charge in [-0.05, 0) is 213 Å². The van der Waals surface area contributed by atoms with Crippen LogP contribution < -0.4 is 118 Å². The van der Waals surface area contributed by atoms with Gasteiger partial charge in [-0.2, -0.15) is 0 Å². The molecule has 4 fully saturated rings. The van der Waals surface area contributed by atoms with Crippen LogP contribution in [-0.4, -0.2) is 97.4 Å². The van der Waals surface area contributed by atoms with Gasteiger partial charge in [0, 0.05) is 59.3 Å². The molecule has 4 saturated heterocycles. The zero-order valence-electron chi connectivity index (χ0n) is 60.0. The van der Waals surface area contributed by atoms with Gasteiger partial charge in [0.1, 0.15) is 22.7 Å². The smallest absolute Gasteiger partial charge is 1.00 e. The van der Waals surface area contributed by atoms with Crippen LogP contribution in [0, 0.1) is 15.2 Å². The van der Waals surface area contributed by atoms with Crippen LogP contribution in [0.5, 0.6) is 17.2 Å². The van der Waals surface area contributed by atoms with Crippen molar-refractivity contribution in [3.05, 3.63) is 194 Å². The van der Waals surface area contributed by atoms with Crippen LogP contribution >= 0.6 is 117 Å². The molecule has 8 aromatic carbocycles. The van der Waals surface area contributed by atoms with Gasteiger partial charge in [0.15, 0.2) is 28.5 Å². The van der Waals surface area contributed by atoms with Gasteiger partial charge in [0.2, 0.25) is 0 Å². The Morgan fingerprint density at radius 2 is 0.922 bits per heavy atom. The number of ether oxygens (including phenoxy) is 1. The summed E-state index contributed by atoms with van der Waals surface area (Å²) in [6.45, 7) is 26.2. The fraction of sp³-hybridized carbons (Fsp3) is 0.310. The summed E-state index contributed by atoms with van der Waals surface area (Å²) in [5.41, 5.74) is 2.52. The molecule has 32 heteroatoms. The fourth-order valence-corrected chi connectivity index (χ4v) is 12.5. The van der Waals surface area contributed by atoms with Crippen LogP contribution in [0.2, 0.25) is 20.1 Å². The number of aromatic hydroxyl groups is 2. The van der Waals surface area contributed by atoms with Crippen molar-refractivity contribution in [2.24, 2.45) is 0 Å². The van der Waals surface area contributed by atoms with E-state index in [4.69, 9.17) is 108 Å². The third-order valence-corrected chi connectivity index (χ3v) is 22.3. The van der Waals surface area contributed by atoms with E-state index in [0.29, 0.717) is 36.9 Å². The van der Waals surface area contributed by atoms with Crippen molar-refractivity contribution in [1.82, 2.24) is 0 Å². The van der Waals surface area contributed by atoms with E-state index in [1.54, 1.807) is 48.5 Å². The average Bonchev–Trinajstić information content (AvgIpc) is 1.65. The summed E-state index contributed by atoms with van der Waals surface area (Å²) < 4.78 is 86.9. The molecule has 0 atom stereocenters. The number of carbonyl (C=O) groups is 1. The average molecular weight is 1850 g/mol. The van der Waals surface area contributed by atoms with Crippen LogP contribution in [-0.2, 0) is 42.3 Å². The molecule has 0 unspecified atom stereocenters. The summed E-state index contributed by atoms with van der Waals surface area (Å²) in [4.78, 5) is 11.2. The predicted molar refractivity (Wildman–Crippen MR) is 416 cm³/mol. The van der Waals surface area contributed by atoms with Crippen LogP contribution in [0.1, 0.15) is 97.4 Å². The van der Waals surface area contributed by atoms with Crippen molar-refractivity contribution >= 4 is 201 Å². The van der Waals surface area contributed by atoms with Crippen molar-refractivity contribution in [3.8, 4) is 28.4 Å². The second-order valence-corrected chi connectivity index (χ2v) is 31.0. The first-order chi connectivity index (χ1) is 47.4.